The molecule has 0 spiro atoms. The average Bonchev–Trinajstić information content (AvgIpc) is 1.88. The van der Waals surface area contributed by atoms with Crippen LogP contribution in [-0.4, -0.2) is 17.7 Å². The van der Waals surface area contributed by atoms with Gasteiger partial charge in [0.2, 0.25) is 0 Å². The SMILES string of the molecule is O=[N+]([O-])NC1CCNNN1. The third-order valence-corrected chi connectivity index (χ3v) is 1.15. The van der Waals surface area contributed by atoms with Crippen molar-refractivity contribution in [3.8, 4) is 0 Å². The number of hydrogen-bond donors (Lipinski definition) is 4. The summed E-state index contributed by atoms with van der Waals surface area (Å²) < 4.78 is 0. The number of hydrogen-bond acceptors (Lipinski definition) is 5. The van der Waals surface area contributed by atoms with Gasteiger partial charge in [-0.3, -0.25) is 0 Å². The fourth-order valence-electron chi connectivity index (χ4n) is 0.713. The lowest BCUT2D eigenvalue weighted by atomic mass is 10.3. The molecule has 1 aliphatic heterocycles. The highest BCUT2D eigenvalue weighted by Crippen LogP contribution is 1.86. The van der Waals surface area contributed by atoms with Crippen molar-refractivity contribution in [3.05, 3.63) is 10.1 Å². The van der Waals surface area contributed by atoms with Gasteiger partial charge in [-0.05, 0) is 0 Å². The Labute approximate surface area is 57.2 Å². The fourth-order valence-corrected chi connectivity index (χ4v) is 0.713. The van der Waals surface area contributed by atoms with Crippen molar-refractivity contribution in [3.63, 3.8) is 0 Å². The zero-order valence-electron chi connectivity index (χ0n) is 5.26. The lowest BCUT2D eigenvalue weighted by Crippen LogP contribution is -2.60. The highest BCUT2D eigenvalue weighted by molar-refractivity contribution is 4.60. The van der Waals surface area contributed by atoms with E-state index in [1.807, 2.05) is 0 Å². The van der Waals surface area contributed by atoms with Gasteiger partial charge in [-0.1, -0.05) is 0 Å². The lowest BCUT2D eigenvalue weighted by Gasteiger charge is -2.21. The lowest BCUT2D eigenvalue weighted by molar-refractivity contribution is -0.553. The van der Waals surface area contributed by atoms with Crippen molar-refractivity contribution >= 4 is 0 Å². The minimum atomic E-state index is -0.565. The summed E-state index contributed by atoms with van der Waals surface area (Å²) in [7, 11) is 0. The van der Waals surface area contributed by atoms with E-state index >= 15 is 0 Å². The van der Waals surface area contributed by atoms with E-state index in [9.17, 15) is 10.1 Å². The first-order chi connectivity index (χ1) is 4.79. The van der Waals surface area contributed by atoms with Crippen LogP contribution in [0.1, 0.15) is 6.42 Å². The molecule has 0 aromatic rings. The Bertz CT molecular complexity index is 122. The predicted molar refractivity (Wildman–Crippen MR) is 32.8 cm³/mol. The van der Waals surface area contributed by atoms with E-state index in [2.05, 4.69) is 21.8 Å². The van der Waals surface area contributed by atoms with Crippen molar-refractivity contribution in [2.45, 2.75) is 12.6 Å². The smallest absolute Gasteiger partial charge is 0.159 e. The maximum Gasteiger partial charge on any atom is 0.159 e. The molecule has 0 bridgehead atoms. The summed E-state index contributed by atoms with van der Waals surface area (Å²) in [5.74, 6) is 0. The maximum atomic E-state index is 9.87. The maximum absolute atomic E-state index is 9.87. The van der Waals surface area contributed by atoms with Gasteiger partial charge in [-0.2, -0.15) is 5.53 Å². The molecule has 58 valence electrons. The molecule has 0 saturated carbocycles. The molecular weight excluding hydrogens is 138 g/mol. The summed E-state index contributed by atoms with van der Waals surface area (Å²) in [6.07, 6.45) is 0.379. The predicted octanol–water partition coefficient (Wildman–Crippen LogP) is -1.90. The van der Waals surface area contributed by atoms with E-state index < -0.39 is 5.03 Å². The van der Waals surface area contributed by atoms with Gasteiger partial charge in [-0.25, -0.2) is 21.0 Å². The Kier molecular flexibility index (Phi) is 2.37. The first-order valence-electron chi connectivity index (χ1n) is 2.93. The van der Waals surface area contributed by atoms with Crippen molar-refractivity contribution < 1.29 is 5.03 Å². The Morgan fingerprint density at radius 1 is 1.70 bits per heavy atom. The van der Waals surface area contributed by atoms with E-state index in [0.717, 1.165) is 0 Å². The van der Waals surface area contributed by atoms with Crippen LogP contribution in [0.15, 0.2) is 0 Å². The van der Waals surface area contributed by atoms with Gasteiger partial charge >= 0.3 is 0 Å². The second-order valence-corrected chi connectivity index (χ2v) is 1.92. The van der Waals surface area contributed by atoms with Crippen LogP contribution in [-0.2, 0) is 0 Å². The Hall–Kier alpha value is -0.920. The number of rotatable bonds is 2. The summed E-state index contributed by atoms with van der Waals surface area (Å²) in [5, 5.41) is 9.31. The van der Waals surface area contributed by atoms with Gasteiger partial charge in [-0.15, -0.1) is 5.43 Å². The van der Waals surface area contributed by atoms with E-state index in [4.69, 9.17) is 0 Å². The standard InChI is InChI=1S/C3H9N5O2/c9-8(10)6-3-1-2-4-7-5-3/h3-7H,1-2H2. The van der Waals surface area contributed by atoms with Gasteiger partial charge in [0.25, 0.3) is 0 Å². The topological polar surface area (TPSA) is 91.3 Å². The molecule has 0 aromatic carbocycles. The third-order valence-electron chi connectivity index (χ3n) is 1.15. The van der Waals surface area contributed by atoms with Crippen LogP contribution in [0.5, 0.6) is 0 Å². The monoisotopic (exact) mass is 147 g/mol. The van der Waals surface area contributed by atoms with E-state index in [0.29, 0.717) is 13.0 Å². The van der Waals surface area contributed by atoms with Crippen LogP contribution in [0.2, 0.25) is 0 Å². The van der Waals surface area contributed by atoms with Crippen LogP contribution < -0.4 is 21.8 Å². The quantitative estimate of drug-likeness (QED) is 0.269. The first-order valence-corrected chi connectivity index (χ1v) is 2.93. The minimum absolute atomic E-state index is 0.295. The summed E-state index contributed by atoms with van der Waals surface area (Å²) in [6, 6.07) is 0. The number of nitrogens with one attached hydrogen (secondary N) is 4. The van der Waals surface area contributed by atoms with E-state index in [1.54, 1.807) is 0 Å². The number of nitro groups is 1. The molecule has 0 amide bonds. The Balaban J connectivity index is 2.19. The molecular formula is C3H9N5O2. The van der Waals surface area contributed by atoms with Gasteiger partial charge in [0.15, 0.2) is 11.2 Å². The van der Waals surface area contributed by atoms with Gasteiger partial charge in [0.05, 0.1) is 0 Å². The second kappa shape index (κ2) is 3.30. The van der Waals surface area contributed by atoms with Gasteiger partial charge in [0, 0.05) is 13.0 Å². The van der Waals surface area contributed by atoms with Crippen molar-refractivity contribution in [2.24, 2.45) is 0 Å². The van der Waals surface area contributed by atoms with Gasteiger partial charge in [0.1, 0.15) is 0 Å². The summed E-state index contributed by atoms with van der Waals surface area (Å²) >= 11 is 0. The fraction of sp³-hybridized carbons (Fsp3) is 1.00. The minimum Gasteiger partial charge on any atom is -0.244 e. The number of hydrazine groups is 3. The Morgan fingerprint density at radius 3 is 3.00 bits per heavy atom. The summed E-state index contributed by atoms with van der Waals surface area (Å²) in [6.45, 7) is 0.707. The van der Waals surface area contributed by atoms with Crippen LogP contribution in [0, 0.1) is 10.1 Å². The molecule has 1 rings (SSSR count). The summed E-state index contributed by atoms with van der Waals surface area (Å²) in [5.41, 5.74) is 10.1. The van der Waals surface area contributed by atoms with Crippen molar-refractivity contribution in [1.82, 2.24) is 21.8 Å². The summed E-state index contributed by atoms with van der Waals surface area (Å²) in [4.78, 5) is 9.87. The van der Waals surface area contributed by atoms with E-state index in [-0.39, 0.29) is 6.17 Å². The van der Waals surface area contributed by atoms with Crippen molar-refractivity contribution in [2.75, 3.05) is 6.54 Å². The van der Waals surface area contributed by atoms with Crippen LogP contribution in [0.25, 0.3) is 0 Å². The molecule has 10 heavy (non-hydrogen) atoms. The third kappa shape index (κ3) is 2.13. The van der Waals surface area contributed by atoms with E-state index in [1.165, 1.54) is 0 Å². The molecule has 0 radical (unpaired) electrons. The molecule has 0 aliphatic carbocycles. The molecule has 4 N–H and O–H groups in total. The second-order valence-electron chi connectivity index (χ2n) is 1.92. The van der Waals surface area contributed by atoms with Crippen LogP contribution in [0.4, 0.5) is 0 Å². The highest BCUT2D eigenvalue weighted by atomic mass is 16.7. The molecule has 1 saturated heterocycles. The van der Waals surface area contributed by atoms with Crippen LogP contribution in [0.3, 0.4) is 0 Å². The first kappa shape index (κ1) is 7.19. The molecule has 0 aromatic heterocycles. The molecule has 1 heterocycles. The van der Waals surface area contributed by atoms with Crippen LogP contribution >= 0.6 is 0 Å². The molecule has 1 unspecified atom stereocenters. The molecule has 7 nitrogen and oxygen atoms in total. The molecule has 1 atom stereocenters. The highest BCUT2D eigenvalue weighted by Gasteiger charge is 2.14. The van der Waals surface area contributed by atoms with Gasteiger partial charge < -0.3 is 0 Å². The Morgan fingerprint density at radius 2 is 2.50 bits per heavy atom. The average molecular weight is 147 g/mol. The zero-order valence-corrected chi connectivity index (χ0v) is 5.26. The largest absolute Gasteiger partial charge is 0.244 e. The normalized spacial score (nSPS) is 25.8. The molecule has 7 heteroatoms. The molecule has 1 fully saturated rings. The van der Waals surface area contributed by atoms with Crippen molar-refractivity contribution in [1.29, 1.82) is 0 Å². The number of nitrogens with zero attached hydrogens (tertiary/aromatic N) is 1. The molecule has 1 aliphatic rings. The zero-order chi connectivity index (χ0) is 7.40.